The van der Waals surface area contributed by atoms with E-state index in [9.17, 15) is 34.8 Å². The number of allylic oxidation sites excluding steroid dienone is 1. The molecule has 0 saturated heterocycles. The molecule has 1 aromatic rings. The summed E-state index contributed by atoms with van der Waals surface area (Å²) >= 11 is 0. The first-order chi connectivity index (χ1) is 15.8. The molecule has 0 unspecified atom stereocenters. The highest BCUT2D eigenvalue weighted by molar-refractivity contribution is 6.24. The van der Waals surface area contributed by atoms with Crippen LogP contribution in [0.2, 0.25) is 0 Å². The molecule has 0 fully saturated rings. The summed E-state index contributed by atoms with van der Waals surface area (Å²) < 4.78 is 0. The second-order valence-corrected chi connectivity index (χ2v) is 9.57. The number of ketones is 2. The van der Waals surface area contributed by atoms with Gasteiger partial charge in [-0.2, -0.15) is 0 Å². The minimum absolute atomic E-state index is 0.0236. The smallest absolute Gasteiger partial charge is 0.255 e. The number of aliphatic hydroxyl groups excluding tert-OH is 2. The quantitative estimate of drug-likeness (QED) is 0.326. The predicted octanol–water partition coefficient (Wildman–Crippen LogP) is 0.0180. The van der Waals surface area contributed by atoms with E-state index in [2.05, 4.69) is 10.3 Å². The number of primary amides is 1. The predicted molar refractivity (Wildman–Crippen MR) is 120 cm³/mol. The lowest BCUT2D eigenvalue weighted by atomic mass is 9.59. The van der Waals surface area contributed by atoms with E-state index in [0.29, 0.717) is 11.4 Å². The third kappa shape index (κ3) is 3.11. The van der Waals surface area contributed by atoms with Gasteiger partial charge in [-0.25, -0.2) is 4.98 Å². The monoisotopic (exact) mass is 472 g/mol. The fourth-order valence-corrected chi connectivity index (χ4v) is 5.49. The Morgan fingerprint density at radius 3 is 2.47 bits per heavy atom. The van der Waals surface area contributed by atoms with Crippen molar-refractivity contribution in [1.29, 1.82) is 0 Å². The highest BCUT2D eigenvalue weighted by Gasteiger charge is 2.63. The summed E-state index contributed by atoms with van der Waals surface area (Å²) in [6, 6.07) is -1.32. The molecular formula is C23H28N4O7. The first-order valence-corrected chi connectivity index (χ1v) is 10.9. The molecule has 1 aromatic heterocycles. The Morgan fingerprint density at radius 2 is 1.91 bits per heavy atom. The number of rotatable bonds is 4. The van der Waals surface area contributed by atoms with E-state index < -0.39 is 58.0 Å². The van der Waals surface area contributed by atoms with Gasteiger partial charge in [0.25, 0.3) is 5.91 Å². The summed E-state index contributed by atoms with van der Waals surface area (Å²) in [5, 5.41) is 47.0. The van der Waals surface area contributed by atoms with Crippen LogP contribution in [0.4, 0.5) is 5.82 Å². The lowest BCUT2D eigenvalue weighted by Crippen LogP contribution is -2.64. The molecule has 3 aliphatic carbocycles. The second-order valence-electron chi connectivity index (χ2n) is 9.57. The second kappa shape index (κ2) is 7.81. The minimum atomic E-state index is -2.66. The molecule has 4 rings (SSSR count). The summed E-state index contributed by atoms with van der Waals surface area (Å²) in [5.41, 5.74) is 2.05. The largest absolute Gasteiger partial charge is 0.510 e. The van der Waals surface area contributed by atoms with Crippen LogP contribution in [0.25, 0.3) is 0 Å². The van der Waals surface area contributed by atoms with Crippen molar-refractivity contribution in [3.8, 4) is 5.75 Å². The maximum atomic E-state index is 13.5. The highest BCUT2D eigenvalue weighted by atomic mass is 16.3. The van der Waals surface area contributed by atoms with Gasteiger partial charge in [0.1, 0.15) is 28.7 Å². The summed E-state index contributed by atoms with van der Waals surface area (Å²) in [6.45, 7) is 3.55. The number of anilines is 1. The fourth-order valence-electron chi connectivity index (χ4n) is 5.49. The molecule has 11 nitrogen and oxygen atoms in total. The number of carbonyl (C=O) groups is 3. The van der Waals surface area contributed by atoms with E-state index in [1.165, 1.54) is 0 Å². The zero-order valence-corrected chi connectivity index (χ0v) is 19.3. The number of nitrogens with zero attached hydrogens (tertiary/aromatic N) is 2. The Morgan fingerprint density at radius 1 is 1.26 bits per heavy atom. The number of hydrogen-bond donors (Lipinski definition) is 6. The van der Waals surface area contributed by atoms with Gasteiger partial charge in [-0.05, 0) is 18.8 Å². The minimum Gasteiger partial charge on any atom is -0.510 e. The molecular weight excluding hydrogens is 444 g/mol. The Hall–Kier alpha value is -3.44. The number of aliphatic hydroxyl groups is 3. The molecule has 7 N–H and O–H groups in total. The van der Waals surface area contributed by atoms with Crippen LogP contribution in [0, 0.1) is 11.8 Å². The number of fused-ring (bicyclic) bond motifs is 3. The maximum Gasteiger partial charge on any atom is 0.255 e. The topological polar surface area (TPSA) is 186 Å². The van der Waals surface area contributed by atoms with Crippen molar-refractivity contribution in [1.82, 2.24) is 10.3 Å². The molecule has 1 heterocycles. The van der Waals surface area contributed by atoms with Gasteiger partial charge < -0.3 is 36.4 Å². The molecule has 0 radical (unpaired) electrons. The van der Waals surface area contributed by atoms with Crippen molar-refractivity contribution in [2.75, 3.05) is 19.0 Å². The van der Waals surface area contributed by atoms with E-state index in [0.717, 1.165) is 6.20 Å². The Labute approximate surface area is 195 Å². The standard InChI is InChI=1S/C23H28N4O7/c1-8(2)26-16-11-6-9-5-10-14(12(28)7-25-22(10)27(3)4)17(29)13(9)19(31)23(11,34)20(32)15(18(16)30)21(24)33/h7-9,11,16,26,28,30-31,34H,5-6H2,1-4H3,(H2,24,33)/t9-,11-,16-,23-/m0/s1. The highest BCUT2D eigenvalue weighted by Crippen LogP contribution is 2.52. The number of aromatic hydroxyl groups is 1. The number of nitrogens with two attached hydrogens (primary N) is 1. The van der Waals surface area contributed by atoms with Gasteiger partial charge in [0.05, 0.1) is 17.8 Å². The molecule has 0 bridgehead atoms. The third-order valence-corrected chi connectivity index (χ3v) is 6.87. The van der Waals surface area contributed by atoms with Crippen molar-refractivity contribution in [3.05, 3.63) is 40.0 Å². The van der Waals surface area contributed by atoms with Gasteiger partial charge in [-0.1, -0.05) is 13.8 Å². The van der Waals surface area contributed by atoms with Crippen LogP contribution in [0.15, 0.2) is 28.9 Å². The first kappa shape index (κ1) is 23.7. The van der Waals surface area contributed by atoms with Crippen LogP contribution in [0.1, 0.15) is 36.2 Å². The number of pyridine rings is 1. The fraction of sp³-hybridized carbons (Fsp3) is 0.478. The molecule has 0 spiro atoms. The van der Waals surface area contributed by atoms with E-state index in [1.807, 2.05) is 0 Å². The Kier molecular flexibility index (Phi) is 5.45. The van der Waals surface area contributed by atoms with Crippen molar-refractivity contribution in [2.45, 2.75) is 44.4 Å². The zero-order valence-electron chi connectivity index (χ0n) is 19.3. The number of nitrogens with one attached hydrogen (secondary N) is 1. The number of amides is 1. The first-order valence-electron chi connectivity index (χ1n) is 10.9. The van der Waals surface area contributed by atoms with Crippen molar-refractivity contribution >= 4 is 23.3 Å². The summed E-state index contributed by atoms with van der Waals surface area (Å²) in [6.07, 6.45) is 1.35. The van der Waals surface area contributed by atoms with Crippen molar-refractivity contribution < 1.29 is 34.8 Å². The Balaban J connectivity index is 1.96. The number of aromatic nitrogens is 1. The van der Waals surface area contributed by atoms with Gasteiger partial charge in [0.2, 0.25) is 5.78 Å². The van der Waals surface area contributed by atoms with E-state index in [4.69, 9.17) is 5.73 Å². The Bertz CT molecular complexity index is 1190. The van der Waals surface area contributed by atoms with E-state index in [1.54, 1.807) is 32.8 Å². The van der Waals surface area contributed by atoms with Crippen LogP contribution >= 0.6 is 0 Å². The van der Waals surface area contributed by atoms with Gasteiger partial charge in [-0.15, -0.1) is 0 Å². The molecule has 11 heteroatoms. The molecule has 0 aromatic carbocycles. The molecule has 3 aliphatic rings. The van der Waals surface area contributed by atoms with Crippen molar-refractivity contribution in [3.63, 3.8) is 0 Å². The SMILES string of the molecule is CC(C)N[C@@H]1C(O)=C(C(N)=O)C(=O)[C@@]2(O)C(O)=C3C(=O)c4c(O)cnc(N(C)C)c4C[C@H]3C[C@@H]12. The molecule has 0 saturated carbocycles. The number of Topliss-reactive ketones (excluding diaryl/α,β-unsaturated/α-hetero) is 2. The summed E-state index contributed by atoms with van der Waals surface area (Å²) in [7, 11) is 3.48. The average molecular weight is 472 g/mol. The lowest BCUT2D eigenvalue weighted by Gasteiger charge is -2.49. The van der Waals surface area contributed by atoms with Crippen LogP contribution in [0.5, 0.6) is 5.75 Å². The third-order valence-electron chi connectivity index (χ3n) is 6.87. The average Bonchev–Trinajstić information content (AvgIpc) is 2.73. The van der Waals surface area contributed by atoms with Crippen LogP contribution in [0.3, 0.4) is 0 Å². The van der Waals surface area contributed by atoms with Crippen LogP contribution in [-0.2, 0) is 16.0 Å². The van der Waals surface area contributed by atoms with E-state index >= 15 is 0 Å². The molecule has 182 valence electrons. The number of carbonyl (C=O) groups excluding carboxylic acids is 3. The van der Waals surface area contributed by atoms with Gasteiger partial charge >= 0.3 is 0 Å². The molecule has 4 atom stereocenters. The maximum absolute atomic E-state index is 13.5. The van der Waals surface area contributed by atoms with Crippen LogP contribution in [-0.4, -0.2) is 74.7 Å². The van der Waals surface area contributed by atoms with Gasteiger partial charge in [-0.3, -0.25) is 14.4 Å². The molecule has 1 amide bonds. The zero-order chi connectivity index (χ0) is 25.3. The van der Waals surface area contributed by atoms with E-state index in [-0.39, 0.29) is 35.8 Å². The van der Waals surface area contributed by atoms with Gasteiger partial charge in [0.15, 0.2) is 11.4 Å². The van der Waals surface area contributed by atoms with Gasteiger partial charge in [0, 0.05) is 37.2 Å². The normalized spacial score (nSPS) is 28.6. The molecule has 34 heavy (non-hydrogen) atoms. The summed E-state index contributed by atoms with van der Waals surface area (Å²) in [4.78, 5) is 44.7. The number of hydrogen-bond acceptors (Lipinski definition) is 10. The van der Waals surface area contributed by atoms with Crippen LogP contribution < -0.4 is 16.0 Å². The summed E-state index contributed by atoms with van der Waals surface area (Å²) in [5.74, 6) is -6.41. The molecule has 0 aliphatic heterocycles. The van der Waals surface area contributed by atoms with Crippen molar-refractivity contribution in [2.24, 2.45) is 17.6 Å². The lowest BCUT2D eigenvalue weighted by molar-refractivity contribution is -0.146.